The van der Waals surface area contributed by atoms with Crippen LogP contribution in [0.25, 0.3) is 0 Å². The second kappa shape index (κ2) is 7.09. The number of nitrogens with one attached hydrogen (secondary N) is 1. The maximum atomic E-state index is 11.4. The molecule has 0 aromatic carbocycles. The monoisotopic (exact) mass is 217 g/mol. The summed E-state index contributed by atoms with van der Waals surface area (Å²) in [7, 11) is 1.30. The van der Waals surface area contributed by atoms with E-state index in [0.29, 0.717) is 0 Å². The Balaban J connectivity index is 4.37. The van der Waals surface area contributed by atoms with Gasteiger partial charge in [0.2, 0.25) is 0 Å². The normalized spacial score (nSPS) is 13.9. The molecule has 2 unspecified atom stereocenters. The fourth-order valence-corrected chi connectivity index (χ4v) is 1.10. The molecule has 88 valence electrons. The minimum Gasteiger partial charge on any atom is -0.467 e. The van der Waals surface area contributed by atoms with Crippen molar-refractivity contribution in [1.82, 2.24) is 5.32 Å². The van der Waals surface area contributed by atoms with Gasteiger partial charge in [-0.25, -0.2) is 9.59 Å². The van der Waals surface area contributed by atoms with E-state index in [9.17, 15) is 9.59 Å². The number of alkyl carbamates (subject to hydrolysis) is 1. The molecule has 5 nitrogen and oxygen atoms in total. The molecule has 0 rings (SSSR count). The Morgan fingerprint density at radius 1 is 1.33 bits per heavy atom. The van der Waals surface area contributed by atoms with Crippen LogP contribution in [-0.2, 0) is 14.3 Å². The molecule has 0 aromatic rings. The Hall–Kier alpha value is -1.26. The summed E-state index contributed by atoms with van der Waals surface area (Å²) in [6.07, 6.45) is 0.180. The number of amides is 1. The van der Waals surface area contributed by atoms with Crippen LogP contribution in [0.15, 0.2) is 0 Å². The number of esters is 1. The standard InChI is InChI=1S/C10H19NO4/c1-5-7(3)8(9(12)14-4)11-10(13)15-6-2/h7-8H,5-6H2,1-4H3,(H,11,13). The van der Waals surface area contributed by atoms with Gasteiger partial charge in [0, 0.05) is 0 Å². The molecule has 0 radical (unpaired) electrons. The lowest BCUT2D eigenvalue weighted by Crippen LogP contribution is -2.45. The first-order valence-corrected chi connectivity index (χ1v) is 5.07. The lowest BCUT2D eigenvalue weighted by atomic mass is 9.99. The largest absolute Gasteiger partial charge is 0.467 e. The molecule has 0 aromatic heterocycles. The second-order valence-corrected chi connectivity index (χ2v) is 3.25. The van der Waals surface area contributed by atoms with E-state index in [1.54, 1.807) is 6.92 Å². The van der Waals surface area contributed by atoms with Crippen LogP contribution in [-0.4, -0.2) is 31.8 Å². The third-order valence-electron chi connectivity index (χ3n) is 2.22. The molecule has 0 heterocycles. The summed E-state index contributed by atoms with van der Waals surface area (Å²) in [5.74, 6) is -0.431. The number of hydrogen-bond donors (Lipinski definition) is 1. The van der Waals surface area contributed by atoms with Crippen LogP contribution in [0.5, 0.6) is 0 Å². The van der Waals surface area contributed by atoms with Crippen molar-refractivity contribution in [3.63, 3.8) is 0 Å². The fraction of sp³-hybridized carbons (Fsp3) is 0.800. The Bertz CT molecular complexity index is 217. The van der Waals surface area contributed by atoms with Gasteiger partial charge in [-0.3, -0.25) is 0 Å². The lowest BCUT2D eigenvalue weighted by molar-refractivity contribution is -0.144. The molecule has 0 spiro atoms. The molecule has 15 heavy (non-hydrogen) atoms. The summed E-state index contributed by atoms with van der Waals surface area (Å²) < 4.78 is 9.31. The molecule has 1 amide bonds. The van der Waals surface area contributed by atoms with E-state index in [2.05, 4.69) is 10.1 Å². The van der Waals surface area contributed by atoms with E-state index >= 15 is 0 Å². The molecule has 0 bridgehead atoms. The smallest absolute Gasteiger partial charge is 0.407 e. The molecule has 5 heteroatoms. The van der Waals surface area contributed by atoms with Gasteiger partial charge in [0.25, 0.3) is 0 Å². The van der Waals surface area contributed by atoms with Crippen LogP contribution in [0, 0.1) is 5.92 Å². The highest BCUT2D eigenvalue weighted by Gasteiger charge is 2.26. The molecule has 0 aliphatic heterocycles. The van der Waals surface area contributed by atoms with Crippen molar-refractivity contribution in [1.29, 1.82) is 0 Å². The third-order valence-corrected chi connectivity index (χ3v) is 2.22. The average molecular weight is 217 g/mol. The van der Waals surface area contributed by atoms with E-state index in [-0.39, 0.29) is 12.5 Å². The first-order valence-electron chi connectivity index (χ1n) is 5.07. The quantitative estimate of drug-likeness (QED) is 0.705. The van der Waals surface area contributed by atoms with Gasteiger partial charge in [0.15, 0.2) is 0 Å². The van der Waals surface area contributed by atoms with Gasteiger partial charge in [0.05, 0.1) is 13.7 Å². The lowest BCUT2D eigenvalue weighted by Gasteiger charge is -2.21. The van der Waals surface area contributed by atoms with Gasteiger partial charge >= 0.3 is 12.1 Å². The van der Waals surface area contributed by atoms with Crippen molar-refractivity contribution in [2.45, 2.75) is 33.2 Å². The van der Waals surface area contributed by atoms with Crippen molar-refractivity contribution in [2.24, 2.45) is 5.92 Å². The number of methoxy groups -OCH3 is 1. The third kappa shape index (κ3) is 4.67. The predicted molar refractivity (Wildman–Crippen MR) is 55.4 cm³/mol. The Morgan fingerprint density at radius 2 is 1.93 bits per heavy atom. The van der Waals surface area contributed by atoms with E-state index in [1.807, 2.05) is 13.8 Å². The summed E-state index contributed by atoms with van der Waals surface area (Å²) in [6.45, 7) is 5.79. The van der Waals surface area contributed by atoms with Gasteiger partial charge in [0.1, 0.15) is 6.04 Å². The number of hydrogen-bond acceptors (Lipinski definition) is 4. The van der Waals surface area contributed by atoms with E-state index < -0.39 is 18.1 Å². The van der Waals surface area contributed by atoms with Crippen molar-refractivity contribution in [3.8, 4) is 0 Å². The minimum absolute atomic E-state index is 0.0156. The highest BCUT2D eigenvalue weighted by atomic mass is 16.6. The van der Waals surface area contributed by atoms with Crippen LogP contribution in [0.1, 0.15) is 27.2 Å². The van der Waals surface area contributed by atoms with Crippen LogP contribution in [0.2, 0.25) is 0 Å². The molecular weight excluding hydrogens is 198 g/mol. The first kappa shape index (κ1) is 13.7. The summed E-state index contributed by atoms with van der Waals surface area (Å²) in [5.41, 5.74) is 0. The zero-order chi connectivity index (χ0) is 11.8. The Morgan fingerprint density at radius 3 is 2.33 bits per heavy atom. The molecule has 2 atom stereocenters. The Kier molecular flexibility index (Phi) is 6.49. The average Bonchev–Trinajstić information content (AvgIpc) is 2.24. The highest BCUT2D eigenvalue weighted by molar-refractivity contribution is 5.81. The van der Waals surface area contributed by atoms with Crippen LogP contribution in [0.4, 0.5) is 4.79 Å². The number of rotatable bonds is 5. The van der Waals surface area contributed by atoms with E-state index in [4.69, 9.17) is 4.74 Å². The fourth-order valence-electron chi connectivity index (χ4n) is 1.10. The molecule has 0 aliphatic rings. The van der Waals surface area contributed by atoms with Gasteiger partial charge < -0.3 is 14.8 Å². The summed E-state index contributed by atoms with van der Waals surface area (Å²) >= 11 is 0. The highest BCUT2D eigenvalue weighted by Crippen LogP contribution is 2.09. The molecular formula is C10H19NO4. The summed E-state index contributed by atoms with van der Waals surface area (Å²) in [4.78, 5) is 22.5. The van der Waals surface area contributed by atoms with Crippen molar-refractivity contribution in [3.05, 3.63) is 0 Å². The maximum absolute atomic E-state index is 11.4. The van der Waals surface area contributed by atoms with Crippen molar-refractivity contribution >= 4 is 12.1 Å². The maximum Gasteiger partial charge on any atom is 0.407 e. The zero-order valence-electron chi connectivity index (χ0n) is 9.70. The SMILES string of the molecule is CCOC(=O)NC(C(=O)OC)C(C)CC. The Labute approximate surface area is 90.1 Å². The van der Waals surface area contributed by atoms with Gasteiger partial charge in [-0.05, 0) is 12.8 Å². The number of carbonyl (C=O) groups excluding carboxylic acids is 2. The molecule has 0 saturated carbocycles. The summed E-state index contributed by atoms with van der Waals surface area (Å²) in [6, 6.07) is -0.640. The second-order valence-electron chi connectivity index (χ2n) is 3.25. The predicted octanol–water partition coefficient (Wildman–Crippen LogP) is 1.32. The van der Waals surface area contributed by atoms with Gasteiger partial charge in [-0.1, -0.05) is 20.3 Å². The topological polar surface area (TPSA) is 64.6 Å². The van der Waals surface area contributed by atoms with Gasteiger partial charge in [-0.15, -0.1) is 0 Å². The molecule has 0 saturated heterocycles. The minimum atomic E-state index is -0.640. The van der Waals surface area contributed by atoms with Crippen molar-refractivity contribution in [2.75, 3.05) is 13.7 Å². The van der Waals surface area contributed by atoms with Crippen LogP contribution >= 0.6 is 0 Å². The van der Waals surface area contributed by atoms with Crippen molar-refractivity contribution < 1.29 is 19.1 Å². The zero-order valence-corrected chi connectivity index (χ0v) is 9.70. The summed E-state index contributed by atoms with van der Waals surface area (Å²) in [5, 5.41) is 2.48. The van der Waals surface area contributed by atoms with E-state index in [0.717, 1.165) is 6.42 Å². The molecule has 0 aliphatic carbocycles. The number of carbonyl (C=O) groups is 2. The molecule has 0 fully saturated rings. The van der Waals surface area contributed by atoms with E-state index in [1.165, 1.54) is 7.11 Å². The molecule has 1 N–H and O–H groups in total. The van der Waals surface area contributed by atoms with Crippen LogP contribution < -0.4 is 5.32 Å². The number of ether oxygens (including phenoxy) is 2. The first-order chi connectivity index (χ1) is 7.06. The van der Waals surface area contributed by atoms with Gasteiger partial charge in [-0.2, -0.15) is 0 Å². The van der Waals surface area contributed by atoms with Crippen LogP contribution in [0.3, 0.4) is 0 Å².